The quantitative estimate of drug-likeness (QED) is 0.545. The molecule has 0 spiro atoms. The molecule has 1 amide bonds. The molecule has 2 aromatic carbocycles. The molecule has 0 saturated carbocycles. The number of thiocarbonyl (C=S) groups is 1. The van der Waals surface area contributed by atoms with E-state index in [9.17, 15) is 9.59 Å². The SMILES string of the molecule is COc1ccc(-c2cc3ccccc3oc2=O)cc1NC(=S)NC(C)=O. The molecule has 0 aliphatic rings. The van der Waals surface area contributed by atoms with E-state index < -0.39 is 5.63 Å². The number of carbonyl (C=O) groups is 1. The van der Waals surface area contributed by atoms with E-state index in [1.807, 2.05) is 18.2 Å². The lowest BCUT2D eigenvalue weighted by molar-refractivity contribution is -0.117. The lowest BCUT2D eigenvalue weighted by Gasteiger charge is -2.13. The Balaban J connectivity index is 2.05. The van der Waals surface area contributed by atoms with Crippen LogP contribution in [0.1, 0.15) is 6.92 Å². The molecule has 6 nitrogen and oxygen atoms in total. The first-order valence-corrected chi connectivity index (χ1v) is 8.18. The minimum atomic E-state index is -0.441. The average molecular weight is 368 g/mol. The van der Waals surface area contributed by atoms with E-state index in [-0.39, 0.29) is 11.0 Å². The lowest BCUT2D eigenvalue weighted by Crippen LogP contribution is -2.32. The fourth-order valence-corrected chi connectivity index (χ4v) is 2.80. The maximum absolute atomic E-state index is 12.4. The van der Waals surface area contributed by atoms with Crippen molar-refractivity contribution in [3.8, 4) is 16.9 Å². The van der Waals surface area contributed by atoms with Crippen LogP contribution in [0.5, 0.6) is 5.75 Å². The molecule has 0 bridgehead atoms. The van der Waals surface area contributed by atoms with E-state index in [4.69, 9.17) is 21.4 Å². The molecule has 26 heavy (non-hydrogen) atoms. The third-order valence-corrected chi connectivity index (χ3v) is 3.89. The van der Waals surface area contributed by atoms with Gasteiger partial charge in [0.15, 0.2) is 5.11 Å². The summed E-state index contributed by atoms with van der Waals surface area (Å²) in [6.45, 7) is 1.36. The Bertz CT molecular complexity index is 1060. The first-order valence-electron chi connectivity index (χ1n) is 7.78. The number of anilines is 1. The fraction of sp³-hybridized carbons (Fsp3) is 0.105. The van der Waals surface area contributed by atoms with Crippen molar-refractivity contribution < 1.29 is 13.9 Å². The van der Waals surface area contributed by atoms with Crippen LogP contribution in [0.25, 0.3) is 22.1 Å². The normalized spacial score (nSPS) is 10.4. The van der Waals surface area contributed by atoms with Crippen LogP contribution < -0.4 is 21.0 Å². The molecule has 0 atom stereocenters. The van der Waals surface area contributed by atoms with Gasteiger partial charge in [-0.25, -0.2) is 4.79 Å². The third-order valence-electron chi connectivity index (χ3n) is 3.69. The molecule has 0 saturated heterocycles. The van der Waals surface area contributed by atoms with Crippen molar-refractivity contribution in [1.29, 1.82) is 0 Å². The van der Waals surface area contributed by atoms with Gasteiger partial charge in [0, 0.05) is 12.3 Å². The van der Waals surface area contributed by atoms with Gasteiger partial charge in [-0.2, -0.15) is 0 Å². The van der Waals surface area contributed by atoms with E-state index in [2.05, 4.69) is 10.6 Å². The van der Waals surface area contributed by atoms with Gasteiger partial charge in [-0.15, -0.1) is 0 Å². The van der Waals surface area contributed by atoms with Crippen LogP contribution in [-0.2, 0) is 4.79 Å². The van der Waals surface area contributed by atoms with Gasteiger partial charge in [0.1, 0.15) is 11.3 Å². The third kappa shape index (κ3) is 3.73. The highest BCUT2D eigenvalue weighted by molar-refractivity contribution is 7.80. The summed E-state index contributed by atoms with van der Waals surface area (Å²) in [7, 11) is 1.52. The largest absolute Gasteiger partial charge is 0.495 e. The van der Waals surface area contributed by atoms with Gasteiger partial charge >= 0.3 is 5.63 Å². The molecule has 2 N–H and O–H groups in total. The minimum absolute atomic E-state index is 0.137. The van der Waals surface area contributed by atoms with E-state index in [0.29, 0.717) is 28.1 Å². The number of hydrogen-bond donors (Lipinski definition) is 2. The zero-order valence-corrected chi connectivity index (χ0v) is 15.0. The predicted octanol–water partition coefficient (Wildman–Crippen LogP) is 3.30. The van der Waals surface area contributed by atoms with Crippen molar-refractivity contribution >= 4 is 39.9 Å². The number of hydrogen-bond acceptors (Lipinski definition) is 5. The van der Waals surface area contributed by atoms with Crippen LogP contribution in [0.2, 0.25) is 0 Å². The summed E-state index contributed by atoms with van der Waals surface area (Å²) < 4.78 is 10.7. The van der Waals surface area contributed by atoms with Crippen LogP contribution in [0.4, 0.5) is 5.69 Å². The number of benzene rings is 2. The van der Waals surface area contributed by atoms with Gasteiger partial charge in [0.25, 0.3) is 0 Å². The second-order valence-corrected chi connectivity index (χ2v) is 5.94. The number of carbonyl (C=O) groups excluding carboxylic acids is 1. The summed E-state index contributed by atoms with van der Waals surface area (Å²) in [5, 5.41) is 6.34. The van der Waals surface area contributed by atoms with Crippen molar-refractivity contribution in [1.82, 2.24) is 5.32 Å². The molecular weight excluding hydrogens is 352 g/mol. The summed E-state index contributed by atoms with van der Waals surface area (Å²) in [5.74, 6) is 0.236. The predicted molar refractivity (Wildman–Crippen MR) is 105 cm³/mol. The van der Waals surface area contributed by atoms with Crippen molar-refractivity contribution in [3.05, 3.63) is 59.0 Å². The van der Waals surface area contributed by atoms with Gasteiger partial charge < -0.3 is 19.8 Å². The van der Waals surface area contributed by atoms with Gasteiger partial charge in [-0.1, -0.05) is 24.3 Å². The second kappa shape index (κ2) is 7.37. The summed E-state index contributed by atoms with van der Waals surface area (Å²) in [6.07, 6.45) is 0. The Kier molecular flexibility index (Phi) is 4.99. The number of ether oxygens (including phenoxy) is 1. The monoisotopic (exact) mass is 368 g/mol. The Labute approximate surface area is 154 Å². The molecule has 0 radical (unpaired) electrons. The van der Waals surface area contributed by atoms with Gasteiger partial charge in [-0.05, 0) is 42.0 Å². The summed E-state index contributed by atoms with van der Waals surface area (Å²) in [6, 6.07) is 14.3. The first kappa shape index (κ1) is 17.6. The van der Waals surface area contributed by atoms with E-state index >= 15 is 0 Å². The highest BCUT2D eigenvalue weighted by Gasteiger charge is 2.12. The topological polar surface area (TPSA) is 80.6 Å². The molecule has 0 unspecified atom stereocenters. The van der Waals surface area contributed by atoms with Crippen molar-refractivity contribution in [2.45, 2.75) is 6.92 Å². The van der Waals surface area contributed by atoms with Crippen LogP contribution >= 0.6 is 12.2 Å². The second-order valence-electron chi connectivity index (χ2n) is 5.54. The number of para-hydroxylation sites is 1. The summed E-state index contributed by atoms with van der Waals surface area (Å²) in [4.78, 5) is 23.5. The lowest BCUT2D eigenvalue weighted by atomic mass is 10.0. The first-order chi connectivity index (χ1) is 12.5. The molecule has 3 aromatic rings. The fourth-order valence-electron chi connectivity index (χ4n) is 2.55. The molecule has 3 rings (SSSR count). The van der Waals surface area contributed by atoms with Gasteiger partial charge in [0.05, 0.1) is 18.4 Å². The number of amides is 1. The minimum Gasteiger partial charge on any atom is -0.495 e. The summed E-state index contributed by atoms with van der Waals surface area (Å²) in [5.41, 5.74) is 1.67. The van der Waals surface area contributed by atoms with Crippen LogP contribution in [0, 0.1) is 0 Å². The Morgan fingerprint density at radius 3 is 2.65 bits per heavy atom. The van der Waals surface area contributed by atoms with E-state index in [1.54, 1.807) is 30.3 Å². The molecule has 1 heterocycles. The highest BCUT2D eigenvalue weighted by Crippen LogP contribution is 2.30. The van der Waals surface area contributed by atoms with Crippen LogP contribution in [0.15, 0.2) is 57.7 Å². The average Bonchev–Trinajstić information content (AvgIpc) is 2.60. The van der Waals surface area contributed by atoms with Crippen LogP contribution in [-0.4, -0.2) is 18.1 Å². The number of rotatable bonds is 3. The zero-order valence-electron chi connectivity index (χ0n) is 14.2. The van der Waals surface area contributed by atoms with Gasteiger partial charge in [0.2, 0.25) is 5.91 Å². The molecular formula is C19H16N2O4S. The molecule has 132 valence electrons. The van der Waals surface area contributed by atoms with E-state index in [1.165, 1.54) is 14.0 Å². The molecule has 1 aromatic heterocycles. The highest BCUT2D eigenvalue weighted by atomic mass is 32.1. The Morgan fingerprint density at radius 1 is 1.15 bits per heavy atom. The van der Waals surface area contributed by atoms with Gasteiger partial charge in [-0.3, -0.25) is 4.79 Å². The van der Waals surface area contributed by atoms with Crippen molar-refractivity contribution in [2.75, 3.05) is 12.4 Å². The molecule has 0 aliphatic carbocycles. The summed E-state index contributed by atoms with van der Waals surface area (Å²) >= 11 is 5.09. The molecule has 0 aliphatic heterocycles. The number of nitrogens with one attached hydrogen (secondary N) is 2. The zero-order chi connectivity index (χ0) is 18.7. The smallest absolute Gasteiger partial charge is 0.344 e. The maximum Gasteiger partial charge on any atom is 0.344 e. The maximum atomic E-state index is 12.4. The molecule has 0 fully saturated rings. The Morgan fingerprint density at radius 2 is 1.92 bits per heavy atom. The molecule has 7 heteroatoms. The van der Waals surface area contributed by atoms with Crippen molar-refractivity contribution in [2.24, 2.45) is 0 Å². The standard InChI is InChI=1S/C19H16N2O4S/c1-11(22)20-19(26)21-15-10-12(7-8-17(15)24-2)14-9-13-5-3-4-6-16(13)25-18(14)23/h3-10H,1-2H3,(H2,20,21,22,26). The number of methoxy groups -OCH3 is 1. The number of fused-ring (bicyclic) bond motifs is 1. The Hall–Kier alpha value is -3.19. The van der Waals surface area contributed by atoms with Crippen LogP contribution in [0.3, 0.4) is 0 Å². The van der Waals surface area contributed by atoms with E-state index in [0.717, 1.165) is 5.39 Å². The van der Waals surface area contributed by atoms with Crippen molar-refractivity contribution in [3.63, 3.8) is 0 Å².